The lowest BCUT2D eigenvalue weighted by Gasteiger charge is -2.38. The van der Waals surface area contributed by atoms with Crippen molar-refractivity contribution in [2.24, 2.45) is 5.73 Å². The molecule has 2 aliphatic rings. The first kappa shape index (κ1) is 19.9. The molecule has 0 aromatic heterocycles. The number of piperidine rings is 1. The molecular formula is C26H25BN2O2. The van der Waals surface area contributed by atoms with E-state index < -0.39 is 0 Å². The van der Waals surface area contributed by atoms with Crippen LogP contribution < -0.4 is 15.9 Å². The number of rotatable bonds is 3. The molecule has 0 saturated carbocycles. The van der Waals surface area contributed by atoms with Crippen LogP contribution in [0, 0.1) is 0 Å². The number of carbonyl (C=O) groups is 1. The number of hydrogen-bond donors (Lipinski definition) is 1. The zero-order valence-electron chi connectivity index (χ0n) is 17.5. The minimum atomic E-state index is -0.0132. The molecule has 1 spiro atoms. The maximum atomic E-state index is 13.3. The Morgan fingerprint density at radius 1 is 1.00 bits per heavy atom. The molecular weight excluding hydrogens is 383 g/mol. The van der Waals surface area contributed by atoms with Gasteiger partial charge in [0.15, 0.2) is 0 Å². The topological polar surface area (TPSA) is 55.6 Å². The van der Waals surface area contributed by atoms with Crippen molar-refractivity contribution in [3.63, 3.8) is 0 Å². The maximum absolute atomic E-state index is 13.3. The number of fused-ring (bicyclic) bond motifs is 2. The molecule has 3 aromatic rings. The smallest absolute Gasteiger partial charge is 0.253 e. The van der Waals surface area contributed by atoms with E-state index in [0.717, 1.165) is 48.4 Å². The summed E-state index contributed by atoms with van der Waals surface area (Å²) in [5, 5.41) is 0. The van der Waals surface area contributed by atoms with Crippen molar-refractivity contribution in [2.45, 2.75) is 24.8 Å². The van der Waals surface area contributed by atoms with Crippen molar-refractivity contribution < 1.29 is 9.53 Å². The molecule has 0 atom stereocenters. The van der Waals surface area contributed by atoms with Crippen LogP contribution in [0.5, 0.6) is 5.75 Å². The predicted molar refractivity (Wildman–Crippen MR) is 124 cm³/mol. The Kier molecular flexibility index (Phi) is 5.07. The lowest BCUT2D eigenvalue weighted by molar-refractivity contribution is 0.0646. The van der Waals surface area contributed by atoms with Gasteiger partial charge in [-0.05, 0) is 47.7 Å². The first-order valence-electron chi connectivity index (χ1n) is 10.8. The van der Waals surface area contributed by atoms with Gasteiger partial charge in [-0.3, -0.25) is 4.79 Å². The van der Waals surface area contributed by atoms with Crippen molar-refractivity contribution in [2.75, 3.05) is 19.7 Å². The Balaban J connectivity index is 1.33. The van der Waals surface area contributed by atoms with Crippen LogP contribution in [0.1, 0.15) is 34.3 Å². The third-order valence-electron chi connectivity index (χ3n) is 6.69. The molecule has 3 aromatic carbocycles. The van der Waals surface area contributed by atoms with Gasteiger partial charge in [0.05, 0.1) is 6.61 Å². The summed E-state index contributed by atoms with van der Waals surface area (Å²) in [6.45, 7) is 2.65. The molecule has 4 nitrogen and oxygen atoms in total. The third kappa shape index (κ3) is 3.64. The van der Waals surface area contributed by atoms with Crippen molar-refractivity contribution in [3.8, 4) is 16.9 Å². The summed E-state index contributed by atoms with van der Waals surface area (Å²) in [6.07, 6.45) is 1.79. The second-order valence-corrected chi connectivity index (χ2v) is 8.60. The number of likely N-dealkylation sites (tertiary alicyclic amines) is 1. The molecule has 5 rings (SSSR count). The van der Waals surface area contributed by atoms with Gasteiger partial charge in [0.25, 0.3) is 5.91 Å². The molecule has 1 amide bonds. The van der Waals surface area contributed by atoms with E-state index in [1.165, 1.54) is 5.56 Å². The Bertz CT molecular complexity index is 1140. The van der Waals surface area contributed by atoms with Gasteiger partial charge in [0.1, 0.15) is 13.6 Å². The number of nitrogens with two attached hydrogens (primary N) is 1. The second-order valence-electron chi connectivity index (χ2n) is 8.60. The van der Waals surface area contributed by atoms with Crippen LogP contribution >= 0.6 is 0 Å². The third-order valence-corrected chi connectivity index (χ3v) is 6.69. The molecule has 1 saturated heterocycles. The largest absolute Gasteiger partial charge is 0.492 e. The van der Waals surface area contributed by atoms with Crippen LogP contribution in [0.25, 0.3) is 11.1 Å². The van der Waals surface area contributed by atoms with Gasteiger partial charge in [0, 0.05) is 36.2 Å². The number of amides is 1. The predicted octanol–water partition coefficient (Wildman–Crippen LogP) is 3.17. The van der Waals surface area contributed by atoms with E-state index in [9.17, 15) is 4.79 Å². The van der Waals surface area contributed by atoms with Gasteiger partial charge in [-0.1, -0.05) is 54.0 Å². The maximum Gasteiger partial charge on any atom is 0.253 e. The fourth-order valence-electron chi connectivity index (χ4n) is 4.82. The molecule has 0 aliphatic carbocycles. The summed E-state index contributed by atoms with van der Waals surface area (Å²) < 4.78 is 5.99. The summed E-state index contributed by atoms with van der Waals surface area (Å²) >= 11 is 0. The number of hydrogen-bond acceptors (Lipinski definition) is 3. The fourth-order valence-corrected chi connectivity index (χ4v) is 4.82. The Labute approximate surface area is 184 Å². The summed E-state index contributed by atoms with van der Waals surface area (Å²) in [7, 11) is 5.93. The van der Waals surface area contributed by atoms with E-state index in [-0.39, 0.29) is 11.3 Å². The highest BCUT2D eigenvalue weighted by molar-refractivity contribution is 6.32. The second kappa shape index (κ2) is 7.90. The fraction of sp³-hybridized carbons (Fsp3) is 0.269. The van der Waals surface area contributed by atoms with Gasteiger partial charge >= 0.3 is 0 Å². The average Bonchev–Trinajstić information content (AvgIpc) is 3.16. The minimum absolute atomic E-state index is 0.0132. The van der Waals surface area contributed by atoms with Crippen molar-refractivity contribution >= 4 is 19.2 Å². The highest BCUT2D eigenvalue weighted by Gasteiger charge is 2.43. The van der Waals surface area contributed by atoms with Gasteiger partial charge in [-0.15, -0.1) is 0 Å². The van der Waals surface area contributed by atoms with E-state index in [4.69, 9.17) is 18.3 Å². The molecule has 154 valence electrons. The lowest BCUT2D eigenvalue weighted by Crippen LogP contribution is -2.46. The summed E-state index contributed by atoms with van der Waals surface area (Å²) in [5.74, 6) is 1.04. The standard InChI is InChI=1S/C26H25BN2O2/c27-22-6-2-4-20(15-22)19-3-1-5-21(14-19)25(30)29-11-9-26(10-12-29)17-31-24-8-7-18(16-28)13-23(24)26/h1-8,13-15H,9-12,16-17,28H2. The van der Waals surface area contributed by atoms with Crippen molar-refractivity contribution in [3.05, 3.63) is 83.4 Å². The normalized spacial score (nSPS) is 16.7. The molecule has 2 heterocycles. The molecule has 5 heteroatoms. The molecule has 0 unspecified atom stereocenters. The molecule has 2 aliphatic heterocycles. The lowest BCUT2D eigenvalue weighted by atomic mass is 9.74. The first-order chi connectivity index (χ1) is 15.1. The van der Waals surface area contributed by atoms with E-state index in [1.54, 1.807) is 0 Å². The van der Waals surface area contributed by atoms with Crippen LogP contribution in [0.4, 0.5) is 0 Å². The average molecular weight is 408 g/mol. The Hall–Kier alpha value is -3.05. The number of carbonyl (C=O) groups excluding carboxylic acids is 1. The SMILES string of the molecule is [B]c1cccc(-c2cccc(C(=O)N3CCC4(CC3)COc3ccc(CN)cc34)c2)c1. The van der Waals surface area contributed by atoms with Crippen LogP contribution in [0.15, 0.2) is 66.7 Å². The molecule has 2 N–H and O–H groups in total. The molecule has 2 radical (unpaired) electrons. The van der Waals surface area contributed by atoms with Crippen LogP contribution in [-0.2, 0) is 12.0 Å². The van der Waals surface area contributed by atoms with Crippen molar-refractivity contribution in [1.29, 1.82) is 0 Å². The first-order valence-corrected chi connectivity index (χ1v) is 10.8. The van der Waals surface area contributed by atoms with Gasteiger partial charge in [-0.2, -0.15) is 0 Å². The van der Waals surface area contributed by atoms with Crippen LogP contribution in [0.3, 0.4) is 0 Å². The van der Waals surface area contributed by atoms with E-state index in [0.29, 0.717) is 24.2 Å². The summed E-state index contributed by atoms with van der Waals surface area (Å²) in [4.78, 5) is 15.2. The van der Waals surface area contributed by atoms with E-state index in [1.807, 2.05) is 65.6 Å². The Morgan fingerprint density at radius 3 is 2.48 bits per heavy atom. The zero-order valence-corrected chi connectivity index (χ0v) is 17.5. The zero-order chi connectivity index (χ0) is 21.4. The highest BCUT2D eigenvalue weighted by atomic mass is 16.5. The molecule has 0 bridgehead atoms. The van der Waals surface area contributed by atoms with Crippen LogP contribution in [0.2, 0.25) is 0 Å². The van der Waals surface area contributed by atoms with E-state index in [2.05, 4.69) is 6.07 Å². The van der Waals surface area contributed by atoms with Gasteiger partial charge < -0.3 is 15.4 Å². The van der Waals surface area contributed by atoms with Crippen molar-refractivity contribution in [1.82, 2.24) is 4.90 Å². The monoisotopic (exact) mass is 408 g/mol. The number of benzene rings is 3. The molecule has 31 heavy (non-hydrogen) atoms. The summed E-state index contributed by atoms with van der Waals surface area (Å²) in [5.41, 5.74) is 11.7. The number of ether oxygens (including phenoxy) is 1. The van der Waals surface area contributed by atoms with Gasteiger partial charge in [0.2, 0.25) is 0 Å². The minimum Gasteiger partial charge on any atom is -0.492 e. The number of nitrogens with zero attached hydrogens (tertiary/aromatic N) is 1. The molecule has 1 fully saturated rings. The van der Waals surface area contributed by atoms with E-state index >= 15 is 0 Å². The quantitative estimate of drug-likeness (QED) is 0.678. The van der Waals surface area contributed by atoms with Gasteiger partial charge in [-0.25, -0.2) is 0 Å². The Morgan fingerprint density at radius 2 is 1.74 bits per heavy atom. The highest BCUT2D eigenvalue weighted by Crippen LogP contribution is 2.46. The summed E-state index contributed by atoms with van der Waals surface area (Å²) in [6, 6.07) is 21.8. The van der Waals surface area contributed by atoms with Crippen LogP contribution in [-0.4, -0.2) is 38.3 Å².